The van der Waals surface area contributed by atoms with E-state index in [0.29, 0.717) is 6.54 Å². The number of carbonyl (C=O) groups excluding carboxylic acids is 1. The van der Waals surface area contributed by atoms with E-state index in [2.05, 4.69) is 5.10 Å². The summed E-state index contributed by atoms with van der Waals surface area (Å²) < 4.78 is 24.6. The highest BCUT2D eigenvalue weighted by atomic mass is 32.2. The SMILES string of the molecule is CCn1nc(N)cc1C(=O)S(=O)(=O)C(C)C. The zero-order chi connectivity index (χ0) is 12.5. The molecular weight excluding hydrogens is 230 g/mol. The molecule has 0 aliphatic heterocycles. The Morgan fingerprint density at radius 2 is 2.12 bits per heavy atom. The molecule has 1 heterocycles. The number of aryl methyl sites for hydroxylation is 1. The van der Waals surface area contributed by atoms with Crippen molar-refractivity contribution in [1.82, 2.24) is 9.78 Å². The molecule has 0 amide bonds. The van der Waals surface area contributed by atoms with Gasteiger partial charge in [0.15, 0.2) is 0 Å². The standard InChI is InChI=1S/C9H15N3O3S/c1-4-12-7(5-8(10)11-12)9(13)16(14,15)6(2)3/h5-6H,4H2,1-3H3,(H2,10,11). The van der Waals surface area contributed by atoms with Crippen molar-refractivity contribution in [3.63, 3.8) is 0 Å². The Balaban J connectivity index is 3.25. The van der Waals surface area contributed by atoms with Gasteiger partial charge in [0.1, 0.15) is 11.5 Å². The summed E-state index contributed by atoms with van der Waals surface area (Å²) in [6, 6.07) is 1.28. The van der Waals surface area contributed by atoms with Crippen LogP contribution in [-0.4, -0.2) is 28.6 Å². The highest BCUT2D eigenvalue weighted by molar-refractivity contribution is 8.07. The lowest BCUT2D eigenvalue weighted by molar-refractivity contribution is 0.106. The van der Waals surface area contributed by atoms with E-state index in [-0.39, 0.29) is 11.5 Å². The molecule has 0 atom stereocenters. The van der Waals surface area contributed by atoms with E-state index < -0.39 is 20.2 Å². The molecule has 1 aromatic heterocycles. The normalized spacial score (nSPS) is 12.0. The van der Waals surface area contributed by atoms with Crippen LogP contribution in [0.1, 0.15) is 31.3 Å². The maximum Gasteiger partial charge on any atom is 0.294 e. The van der Waals surface area contributed by atoms with Gasteiger partial charge in [-0.05, 0) is 20.8 Å². The molecule has 16 heavy (non-hydrogen) atoms. The summed E-state index contributed by atoms with van der Waals surface area (Å²) in [7, 11) is -3.80. The topological polar surface area (TPSA) is 95.1 Å². The van der Waals surface area contributed by atoms with Crippen LogP contribution in [0.3, 0.4) is 0 Å². The fourth-order valence-electron chi connectivity index (χ4n) is 1.20. The number of hydrogen-bond donors (Lipinski definition) is 1. The van der Waals surface area contributed by atoms with Gasteiger partial charge in [-0.15, -0.1) is 0 Å². The molecule has 0 aliphatic carbocycles. The minimum absolute atomic E-state index is 0.0219. The Morgan fingerprint density at radius 3 is 2.56 bits per heavy atom. The van der Waals surface area contributed by atoms with Gasteiger partial charge in [-0.1, -0.05) is 0 Å². The Morgan fingerprint density at radius 1 is 1.56 bits per heavy atom. The number of hydrogen-bond acceptors (Lipinski definition) is 5. The van der Waals surface area contributed by atoms with Gasteiger partial charge in [0.2, 0.25) is 9.84 Å². The second-order valence-electron chi connectivity index (χ2n) is 3.65. The number of carbonyl (C=O) groups is 1. The number of sulfone groups is 1. The van der Waals surface area contributed by atoms with Crippen LogP contribution in [0.5, 0.6) is 0 Å². The molecule has 0 saturated carbocycles. The minimum atomic E-state index is -3.80. The predicted octanol–water partition coefficient (Wildman–Crippen LogP) is 0.449. The van der Waals surface area contributed by atoms with Crippen molar-refractivity contribution in [3.05, 3.63) is 11.8 Å². The molecule has 0 aliphatic rings. The Kier molecular flexibility index (Phi) is 3.37. The quantitative estimate of drug-likeness (QED) is 0.834. The molecule has 7 heteroatoms. The monoisotopic (exact) mass is 245 g/mol. The van der Waals surface area contributed by atoms with Crippen LogP contribution < -0.4 is 5.73 Å². The predicted molar refractivity (Wildman–Crippen MR) is 60.7 cm³/mol. The van der Waals surface area contributed by atoms with Gasteiger partial charge >= 0.3 is 0 Å². The van der Waals surface area contributed by atoms with Crippen molar-refractivity contribution in [2.45, 2.75) is 32.6 Å². The molecule has 2 N–H and O–H groups in total. The first-order valence-corrected chi connectivity index (χ1v) is 6.46. The van der Waals surface area contributed by atoms with Crippen LogP contribution in [0.15, 0.2) is 6.07 Å². The molecule has 0 fully saturated rings. The third-order valence-electron chi connectivity index (χ3n) is 2.19. The number of aromatic nitrogens is 2. The summed E-state index contributed by atoms with van der Waals surface area (Å²) in [5.74, 6) is 0.143. The first-order chi connectivity index (χ1) is 7.30. The number of nitrogens with two attached hydrogens (primary N) is 1. The molecule has 6 nitrogen and oxygen atoms in total. The fourth-order valence-corrected chi connectivity index (χ4v) is 2.09. The van der Waals surface area contributed by atoms with E-state index in [4.69, 9.17) is 5.73 Å². The van der Waals surface area contributed by atoms with Crippen molar-refractivity contribution in [2.75, 3.05) is 5.73 Å². The largest absolute Gasteiger partial charge is 0.382 e. The first kappa shape index (κ1) is 12.7. The molecule has 1 rings (SSSR count). The summed E-state index contributed by atoms with van der Waals surface area (Å²) in [5.41, 5.74) is 5.46. The van der Waals surface area contributed by atoms with Gasteiger partial charge in [-0.2, -0.15) is 5.10 Å². The molecule has 0 aromatic carbocycles. The minimum Gasteiger partial charge on any atom is -0.382 e. The number of nitrogen functional groups attached to an aromatic ring is 1. The first-order valence-electron chi connectivity index (χ1n) is 4.92. The van der Waals surface area contributed by atoms with Crippen LogP contribution in [0.4, 0.5) is 5.82 Å². The van der Waals surface area contributed by atoms with E-state index in [1.807, 2.05) is 0 Å². The van der Waals surface area contributed by atoms with E-state index in [9.17, 15) is 13.2 Å². The Labute approximate surface area is 94.4 Å². The summed E-state index contributed by atoms with van der Waals surface area (Å²) in [5, 5.41) is 2.16. The summed E-state index contributed by atoms with van der Waals surface area (Å²) in [4.78, 5) is 11.8. The molecule has 0 bridgehead atoms. The molecule has 0 radical (unpaired) electrons. The Bertz CT molecular complexity index is 502. The molecule has 90 valence electrons. The summed E-state index contributed by atoms with van der Waals surface area (Å²) in [6.07, 6.45) is 0. The number of nitrogens with zero attached hydrogens (tertiary/aromatic N) is 2. The summed E-state index contributed by atoms with van der Waals surface area (Å²) >= 11 is 0. The molecule has 0 saturated heterocycles. The summed E-state index contributed by atoms with van der Waals surface area (Å²) in [6.45, 7) is 5.07. The molecule has 1 aromatic rings. The lowest BCUT2D eigenvalue weighted by Gasteiger charge is -2.07. The van der Waals surface area contributed by atoms with Gasteiger partial charge in [0.05, 0.1) is 5.25 Å². The van der Waals surface area contributed by atoms with Crippen LogP contribution in [0.2, 0.25) is 0 Å². The number of anilines is 1. The van der Waals surface area contributed by atoms with Crippen LogP contribution in [0.25, 0.3) is 0 Å². The van der Waals surface area contributed by atoms with E-state index >= 15 is 0 Å². The van der Waals surface area contributed by atoms with Gasteiger partial charge in [0.25, 0.3) is 5.12 Å². The van der Waals surface area contributed by atoms with Crippen molar-refractivity contribution in [3.8, 4) is 0 Å². The van der Waals surface area contributed by atoms with Gasteiger partial charge in [-0.25, -0.2) is 8.42 Å². The number of rotatable bonds is 3. The highest BCUT2D eigenvalue weighted by Crippen LogP contribution is 2.13. The average molecular weight is 245 g/mol. The smallest absolute Gasteiger partial charge is 0.294 e. The zero-order valence-electron chi connectivity index (χ0n) is 9.47. The van der Waals surface area contributed by atoms with Crippen LogP contribution in [-0.2, 0) is 16.4 Å². The molecular formula is C9H15N3O3S. The maximum atomic E-state index is 11.8. The van der Waals surface area contributed by atoms with Gasteiger partial charge in [0, 0.05) is 12.6 Å². The molecule has 0 spiro atoms. The third-order valence-corrected chi connectivity index (χ3v) is 4.15. The van der Waals surface area contributed by atoms with Crippen LogP contribution >= 0.6 is 0 Å². The van der Waals surface area contributed by atoms with Crippen molar-refractivity contribution >= 4 is 20.8 Å². The second-order valence-corrected chi connectivity index (χ2v) is 6.06. The Hall–Kier alpha value is -1.37. The van der Waals surface area contributed by atoms with Crippen molar-refractivity contribution in [1.29, 1.82) is 0 Å². The van der Waals surface area contributed by atoms with Crippen LogP contribution in [0, 0.1) is 0 Å². The van der Waals surface area contributed by atoms with Gasteiger partial charge < -0.3 is 5.73 Å². The lowest BCUT2D eigenvalue weighted by Crippen LogP contribution is -2.26. The fraction of sp³-hybridized carbons (Fsp3) is 0.556. The average Bonchev–Trinajstić information content (AvgIpc) is 2.57. The van der Waals surface area contributed by atoms with Crippen molar-refractivity contribution < 1.29 is 13.2 Å². The zero-order valence-corrected chi connectivity index (χ0v) is 10.3. The maximum absolute atomic E-state index is 11.8. The van der Waals surface area contributed by atoms with E-state index in [0.717, 1.165) is 0 Å². The van der Waals surface area contributed by atoms with E-state index in [1.165, 1.54) is 24.6 Å². The van der Waals surface area contributed by atoms with E-state index in [1.54, 1.807) is 6.92 Å². The lowest BCUT2D eigenvalue weighted by atomic mass is 10.4. The van der Waals surface area contributed by atoms with Gasteiger partial charge in [-0.3, -0.25) is 9.48 Å². The second kappa shape index (κ2) is 4.25. The molecule has 0 unspecified atom stereocenters. The van der Waals surface area contributed by atoms with Crippen molar-refractivity contribution in [2.24, 2.45) is 0 Å². The highest BCUT2D eigenvalue weighted by Gasteiger charge is 2.30. The third kappa shape index (κ3) is 2.08.